The maximum absolute atomic E-state index is 12.2. The van der Waals surface area contributed by atoms with E-state index in [0.717, 1.165) is 11.3 Å². The topological polar surface area (TPSA) is 103 Å². The molecule has 0 unspecified atom stereocenters. The molecule has 0 radical (unpaired) electrons. The van der Waals surface area contributed by atoms with Gasteiger partial charge in [0.1, 0.15) is 17.2 Å². The number of hydrogen-bond acceptors (Lipinski definition) is 7. The van der Waals surface area contributed by atoms with E-state index in [9.17, 15) is 10.1 Å². The summed E-state index contributed by atoms with van der Waals surface area (Å²) in [6, 6.07) is 12.9. The summed E-state index contributed by atoms with van der Waals surface area (Å²) in [6.45, 7) is 5.43. The predicted octanol–water partition coefficient (Wildman–Crippen LogP) is 5.48. The van der Waals surface area contributed by atoms with Crippen LogP contribution in [0.2, 0.25) is 0 Å². The van der Waals surface area contributed by atoms with Gasteiger partial charge in [-0.25, -0.2) is 4.98 Å². The van der Waals surface area contributed by atoms with Crippen LogP contribution in [0.5, 0.6) is 5.75 Å². The monoisotopic (exact) mass is 404 g/mol. The van der Waals surface area contributed by atoms with Crippen molar-refractivity contribution in [3.63, 3.8) is 0 Å². The molecule has 2 aromatic carbocycles. The van der Waals surface area contributed by atoms with Gasteiger partial charge in [-0.05, 0) is 51.1 Å². The van der Waals surface area contributed by atoms with Crippen LogP contribution in [0.1, 0.15) is 17.0 Å². The van der Waals surface area contributed by atoms with Gasteiger partial charge in [0.05, 0.1) is 28.8 Å². The molecule has 30 heavy (non-hydrogen) atoms. The van der Waals surface area contributed by atoms with Crippen molar-refractivity contribution in [2.24, 2.45) is 0 Å². The van der Waals surface area contributed by atoms with Crippen molar-refractivity contribution in [3.05, 3.63) is 69.6 Å². The van der Waals surface area contributed by atoms with E-state index in [4.69, 9.17) is 9.26 Å². The lowest BCUT2D eigenvalue weighted by molar-refractivity contribution is -0.383. The van der Waals surface area contributed by atoms with E-state index in [-0.39, 0.29) is 11.4 Å². The van der Waals surface area contributed by atoms with E-state index in [1.54, 1.807) is 39.2 Å². The summed E-state index contributed by atoms with van der Waals surface area (Å²) in [5, 5.41) is 20.0. The fraction of sp³-hybridized carbons (Fsp3) is 0.182. The maximum Gasteiger partial charge on any atom is 0.319 e. The Hall–Kier alpha value is -3.94. The minimum absolute atomic E-state index is 0.147. The van der Waals surface area contributed by atoms with E-state index >= 15 is 0 Å². The molecule has 0 saturated heterocycles. The van der Waals surface area contributed by atoms with Gasteiger partial charge in [-0.1, -0.05) is 22.9 Å². The summed E-state index contributed by atoms with van der Waals surface area (Å²) in [7, 11) is 1.55. The number of rotatable bonds is 5. The molecule has 4 aromatic rings. The van der Waals surface area contributed by atoms with Crippen LogP contribution in [-0.2, 0) is 0 Å². The number of fused-ring (bicyclic) bond motifs is 1. The van der Waals surface area contributed by atoms with Crippen LogP contribution >= 0.6 is 0 Å². The Labute approximate surface area is 172 Å². The van der Waals surface area contributed by atoms with E-state index in [1.165, 1.54) is 0 Å². The second kappa shape index (κ2) is 7.47. The molecule has 4 rings (SSSR count). The minimum atomic E-state index is -0.427. The number of nitro groups is 1. The van der Waals surface area contributed by atoms with Crippen molar-refractivity contribution < 1.29 is 14.2 Å². The molecule has 0 aliphatic heterocycles. The second-order valence-electron chi connectivity index (χ2n) is 7.01. The smallest absolute Gasteiger partial charge is 0.319 e. The number of benzene rings is 2. The van der Waals surface area contributed by atoms with Gasteiger partial charge in [0.15, 0.2) is 5.69 Å². The maximum atomic E-state index is 12.2. The third-order valence-corrected chi connectivity index (χ3v) is 4.94. The lowest BCUT2D eigenvalue weighted by Crippen LogP contribution is -2.04. The number of nitrogens with one attached hydrogen (secondary N) is 1. The van der Waals surface area contributed by atoms with E-state index < -0.39 is 4.92 Å². The van der Waals surface area contributed by atoms with Gasteiger partial charge in [-0.3, -0.25) is 10.1 Å². The molecule has 8 nitrogen and oxygen atoms in total. The highest BCUT2D eigenvalue weighted by Crippen LogP contribution is 2.43. The number of pyridine rings is 1. The summed E-state index contributed by atoms with van der Waals surface area (Å²) < 4.78 is 10.6. The first-order valence-corrected chi connectivity index (χ1v) is 9.32. The molecule has 0 aliphatic rings. The number of aromatic nitrogens is 2. The SMILES string of the molecule is COc1ccc2nc(-c3c(C)noc3C)c([N+](=O)[O-])c(Nc3ccc(C)cc3)c2c1. The van der Waals surface area contributed by atoms with Crippen LogP contribution in [-0.4, -0.2) is 22.2 Å². The number of ether oxygens (including phenoxy) is 1. The molecular weight excluding hydrogens is 384 g/mol. The Balaban J connectivity index is 2.07. The van der Waals surface area contributed by atoms with Crippen molar-refractivity contribution in [2.75, 3.05) is 12.4 Å². The number of methoxy groups -OCH3 is 1. The molecule has 8 heteroatoms. The predicted molar refractivity (Wildman–Crippen MR) is 114 cm³/mol. The fourth-order valence-corrected chi connectivity index (χ4v) is 3.44. The highest BCUT2D eigenvalue weighted by atomic mass is 16.6. The molecule has 0 saturated carbocycles. The van der Waals surface area contributed by atoms with Gasteiger partial charge >= 0.3 is 5.69 Å². The Morgan fingerprint density at radius 3 is 2.43 bits per heavy atom. The fourth-order valence-electron chi connectivity index (χ4n) is 3.44. The summed E-state index contributed by atoms with van der Waals surface area (Å²) in [5.41, 5.74) is 3.86. The Kier molecular flexibility index (Phi) is 4.83. The molecule has 2 heterocycles. The number of aryl methyl sites for hydroxylation is 3. The summed E-state index contributed by atoms with van der Waals surface area (Å²) in [4.78, 5) is 16.4. The number of hydrogen-bond donors (Lipinski definition) is 1. The number of nitrogens with zero attached hydrogens (tertiary/aromatic N) is 3. The highest BCUT2D eigenvalue weighted by Gasteiger charge is 2.30. The average molecular weight is 404 g/mol. The summed E-state index contributed by atoms with van der Waals surface area (Å²) >= 11 is 0. The van der Waals surface area contributed by atoms with Crippen molar-refractivity contribution >= 4 is 28.0 Å². The van der Waals surface area contributed by atoms with Gasteiger partial charge in [0, 0.05) is 11.1 Å². The highest BCUT2D eigenvalue weighted by molar-refractivity contribution is 6.03. The second-order valence-corrected chi connectivity index (χ2v) is 7.01. The lowest BCUT2D eigenvalue weighted by atomic mass is 10.0. The van der Waals surface area contributed by atoms with Crippen LogP contribution < -0.4 is 10.1 Å². The van der Waals surface area contributed by atoms with Crippen LogP contribution in [0.4, 0.5) is 17.1 Å². The van der Waals surface area contributed by atoms with Crippen molar-refractivity contribution in [1.82, 2.24) is 10.1 Å². The van der Waals surface area contributed by atoms with E-state index in [2.05, 4.69) is 15.5 Å². The van der Waals surface area contributed by atoms with Crippen molar-refractivity contribution in [3.8, 4) is 17.0 Å². The van der Waals surface area contributed by atoms with Gasteiger partial charge in [-0.15, -0.1) is 0 Å². The lowest BCUT2D eigenvalue weighted by Gasteiger charge is -2.14. The Morgan fingerprint density at radius 1 is 1.10 bits per heavy atom. The molecule has 0 atom stereocenters. The van der Waals surface area contributed by atoms with Gasteiger partial charge in [0.2, 0.25) is 0 Å². The third kappa shape index (κ3) is 3.32. The standard InChI is InChI=1S/C22H20N4O4/c1-12-5-7-15(8-6-12)23-20-17-11-16(29-4)9-10-18(17)24-21(22(20)26(27)28)19-13(2)25-30-14(19)3/h5-11H,1-4H3,(H,23,24). The van der Waals surface area contributed by atoms with Crippen LogP contribution in [0.3, 0.4) is 0 Å². The van der Waals surface area contributed by atoms with E-state index in [0.29, 0.717) is 39.4 Å². The van der Waals surface area contributed by atoms with Crippen LogP contribution in [0.15, 0.2) is 47.0 Å². The number of anilines is 2. The quantitative estimate of drug-likeness (QED) is 0.347. The van der Waals surface area contributed by atoms with Crippen molar-refractivity contribution in [2.45, 2.75) is 20.8 Å². The Bertz CT molecular complexity index is 1240. The zero-order valence-corrected chi connectivity index (χ0v) is 17.0. The molecule has 0 amide bonds. The normalized spacial score (nSPS) is 10.9. The van der Waals surface area contributed by atoms with E-state index in [1.807, 2.05) is 31.2 Å². The molecule has 1 N–H and O–H groups in total. The molecule has 0 spiro atoms. The summed E-state index contributed by atoms with van der Waals surface area (Å²) in [6.07, 6.45) is 0. The zero-order chi connectivity index (χ0) is 21.4. The molecule has 0 bridgehead atoms. The first kappa shape index (κ1) is 19.4. The average Bonchev–Trinajstić information content (AvgIpc) is 3.06. The molecule has 0 fully saturated rings. The Morgan fingerprint density at radius 2 is 1.83 bits per heavy atom. The first-order chi connectivity index (χ1) is 14.4. The van der Waals surface area contributed by atoms with Gasteiger partial charge < -0.3 is 14.6 Å². The van der Waals surface area contributed by atoms with Crippen LogP contribution in [0, 0.1) is 30.9 Å². The van der Waals surface area contributed by atoms with Gasteiger partial charge in [-0.2, -0.15) is 0 Å². The zero-order valence-electron chi connectivity index (χ0n) is 17.0. The van der Waals surface area contributed by atoms with Gasteiger partial charge in [0.25, 0.3) is 0 Å². The molecule has 2 aromatic heterocycles. The molecular formula is C22H20N4O4. The summed E-state index contributed by atoms with van der Waals surface area (Å²) in [5.74, 6) is 1.05. The van der Waals surface area contributed by atoms with Crippen LogP contribution in [0.25, 0.3) is 22.2 Å². The first-order valence-electron chi connectivity index (χ1n) is 9.32. The largest absolute Gasteiger partial charge is 0.497 e. The molecule has 0 aliphatic carbocycles. The minimum Gasteiger partial charge on any atom is -0.497 e. The van der Waals surface area contributed by atoms with Crippen molar-refractivity contribution in [1.29, 1.82) is 0 Å². The molecule has 152 valence electrons. The third-order valence-electron chi connectivity index (χ3n) is 4.94.